The largest absolute Gasteiger partial charge is 0.361 e. The number of aromatic nitrogens is 4. The number of halogens is 1. The number of carbonyl (C=O) groups is 1. The Labute approximate surface area is 178 Å². The topological polar surface area (TPSA) is 85.8 Å². The molecule has 0 aliphatic heterocycles. The van der Waals surface area contributed by atoms with Crippen LogP contribution in [0.4, 0.5) is 4.39 Å². The molecule has 1 aromatic carbocycles. The highest BCUT2D eigenvalue weighted by atomic mass is 19.1. The molecule has 4 aromatic rings. The highest BCUT2D eigenvalue weighted by Gasteiger charge is 2.15. The highest BCUT2D eigenvalue weighted by Crippen LogP contribution is 2.26. The van der Waals surface area contributed by atoms with Crippen LogP contribution >= 0.6 is 0 Å². The summed E-state index contributed by atoms with van der Waals surface area (Å²) in [5.41, 5.74) is 4.85. The van der Waals surface area contributed by atoms with Crippen molar-refractivity contribution < 1.29 is 13.7 Å². The molecule has 0 fully saturated rings. The maximum absolute atomic E-state index is 13.3. The van der Waals surface area contributed by atoms with Crippen LogP contribution in [0.5, 0.6) is 0 Å². The monoisotopic (exact) mass is 419 g/mol. The number of aryl methyl sites for hydroxylation is 2. The number of benzene rings is 1. The zero-order valence-corrected chi connectivity index (χ0v) is 17.3. The van der Waals surface area contributed by atoms with Crippen molar-refractivity contribution in [1.82, 2.24) is 25.2 Å². The number of hydrogen-bond acceptors (Lipinski definition) is 5. The van der Waals surface area contributed by atoms with Gasteiger partial charge in [0.1, 0.15) is 11.6 Å². The van der Waals surface area contributed by atoms with E-state index in [9.17, 15) is 9.18 Å². The third-order valence-electron chi connectivity index (χ3n) is 5.04. The van der Waals surface area contributed by atoms with Gasteiger partial charge in [0.25, 0.3) is 0 Å². The minimum absolute atomic E-state index is 0.108. The number of carbonyl (C=O) groups excluding carboxylic acids is 1. The lowest BCUT2D eigenvalue weighted by Gasteiger charge is -2.09. The lowest BCUT2D eigenvalue weighted by atomic mass is 10.1. The molecule has 0 saturated heterocycles. The minimum atomic E-state index is -0.295. The first-order valence-corrected chi connectivity index (χ1v) is 9.94. The van der Waals surface area contributed by atoms with E-state index in [1.165, 1.54) is 12.1 Å². The average molecular weight is 419 g/mol. The van der Waals surface area contributed by atoms with Crippen molar-refractivity contribution in [3.05, 3.63) is 77.7 Å². The predicted molar refractivity (Wildman–Crippen MR) is 114 cm³/mol. The molecule has 7 nitrogen and oxygen atoms in total. The maximum atomic E-state index is 13.3. The number of nitrogens with zero attached hydrogens (tertiary/aromatic N) is 4. The van der Waals surface area contributed by atoms with E-state index in [-0.39, 0.29) is 18.1 Å². The van der Waals surface area contributed by atoms with Gasteiger partial charge in [0, 0.05) is 35.6 Å². The summed E-state index contributed by atoms with van der Waals surface area (Å²) in [6.07, 6.45) is 3.69. The Balaban J connectivity index is 1.50. The number of rotatable bonds is 7. The third kappa shape index (κ3) is 4.69. The quantitative estimate of drug-likeness (QED) is 0.494. The second-order valence-corrected chi connectivity index (χ2v) is 7.22. The van der Waals surface area contributed by atoms with Gasteiger partial charge < -0.3 is 9.84 Å². The summed E-state index contributed by atoms with van der Waals surface area (Å²) < 4.78 is 20.2. The molecule has 3 aromatic heterocycles. The Morgan fingerprint density at radius 2 is 1.97 bits per heavy atom. The SMILES string of the molecule is Cc1noc(C)c1CC(=O)NCCn1nc(-c2ccc(F)cc2)cc1-c1cccnc1. The zero-order chi connectivity index (χ0) is 21.8. The molecule has 1 N–H and O–H groups in total. The van der Waals surface area contributed by atoms with Gasteiger partial charge >= 0.3 is 0 Å². The van der Waals surface area contributed by atoms with Crippen molar-refractivity contribution in [2.45, 2.75) is 26.8 Å². The number of amides is 1. The summed E-state index contributed by atoms with van der Waals surface area (Å²) in [5.74, 6) is 0.252. The maximum Gasteiger partial charge on any atom is 0.224 e. The van der Waals surface area contributed by atoms with Crippen LogP contribution in [0.15, 0.2) is 59.4 Å². The van der Waals surface area contributed by atoms with Gasteiger partial charge in [-0.05, 0) is 56.3 Å². The molecular formula is C23H22FN5O2. The van der Waals surface area contributed by atoms with E-state index in [2.05, 4.69) is 20.6 Å². The molecule has 0 aliphatic rings. The first-order valence-electron chi connectivity index (χ1n) is 9.94. The lowest BCUT2D eigenvalue weighted by molar-refractivity contribution is -0.120. The van der Waals surface area contributed by atoms with Gasteiger partial charge in [-0.15, -0.1) is 0 Å². The molecule has 0 saturated carbocycles. The van der Waals surface area contributed by atoms with Crippen LogP contribution in [0.1, 0.15) is 17.0 Å². The van der Waals surface area contributed by atoms with E-state index in [0.717, 1.165) is 33.8 Å². The van der Waals surface area contributed by atoms with E-state index in [1.54, 1.807) is 31.5 Å². The van der Waals surface area contributed by atoms with Gasteiger partial charge in [-0.3, -0.25) is 14.5 Å². The molecule has 0 bridgehead atoms. The Morgan fingerprint density at radius 3 is 2.65 bits per heavy atom. The van der Waals surface area contributed by atoms with E-state index < -0.39 is 0 Å². The molecule has 3 heterocycles. The molecule has 8 heteroatoms. The number of hydrogen-bond donors (Lipinski definition) is 1. The summed E-state index contributed by atoms with van der Waals surface area (Å²) in [4.78, 5) is 16.6. The molecule has 0 atom stereocenters. The van der Waals surface area contributed by atoms with Crippen LogP contribution in [-0.2, 0) is 17.8 Å². The molecule has 1 amide bonds. The van der Waals surface area contributed by atoms with Gasteiger partial charge in [-0.1, -0.05) is 5.16 Å². The van der Waals surface area contributed by atoms with E-state index in [1.807, 2.05) is 29.8 Å². The fourth-order valence-corrected chi connectivity index (χ4v) is 3.37. The minimum Gasteiger partial charge on any atom is -0.361 e. The molecule has 0 spiro atoms. The van der Waals surface area contributed by atoms with Gasteiger partial charge in [-0.25, -0.2) is 4.39 Å². The molecular weight excluding hydrogens is 397 g/mol. The van der Waals surface area contributed by atoms with Crippen LogP contribution in [-0.4, -0.2) is 32.4 Å². The fourth-order valence-electron chi connectivity index (χ4n) is 3.37. The summed E-state index contributed by atoms with van der Waals surface area (Å²) in [6, 6.07) is 12.0. The first kappa shape index (κ1) is 20.5. The van der Waals surface area contributed by atoms with Crippen molar-refractivity contribution >= 4 is 5.91 Å². The molecule has 31 heavy (non-hydrogen) atoms. The van der Waals surface area contributed by atoms with Crippen molar-refractivity contribution in [3.63, 3.8) is 0 Å². The standard InChI is InChI=1S/C23H22FN5O2/c1-15-20(16(2)31-28-15)12-23(30)26-10-11-29-22(18-4-3-9-25-14-18)13-21(27-29)17-5-7-19(24)8-6-17/h3-9,13-14H,10-12H2,1-2H3,(H,26,30). The molecule has 0 aliphatic carbocycles. The molecule has 0 radical (unpaired) electrons. The molecule has 158 valence electrons. The predicted octanol–water partition coefficient (Wildman–Crippen LogP) is 3.71. The summed E-state index contributed by atoms with van der Waals surface area (Å²) >= 11 is 0. The van der Waals surface area contributed by atoms with Gasteiger partial charge in [0.2, 0.25) is 5.91 Å². The van der Waals surface area contributed by atoms with Crippen LogP contribution in [0, 0.1) is 19.7 Å². The summed E-state index contributed by atoms with van der Waals surface area (Å²) in [6.45, 7) is 4.49. The van der Waals surface area contributed by atoms with Crippen LogP contribution in [0.3, 0.4) is 0 Å². The number of pyridine rings is 1. The highest BCUT2D eigenvalue weighted by molar-refractivity contribution is 5.79. The normalized spacial score (nSPS) is 10.9. The second-order valence-electron chi connectivity index (χ2n) is 7.22. The van der Waals surface area contributed by atoms with Gasteiger partial charge in [-0.2, -0.15) is 5.10 Å². The molecule has 0 unspecified atom stereocenters. The van der Waals surface area contributed by atoms with Crippen LogP contribution < -0.4 is 5.32 Å². The number of nitrogens with one attached hydrogen (secondary N) is 1. The zero-order valence-electron chi connectivity index (χ0n) is 17.3. The Bertz CT molecular complexity index is 1160. The van der Waals surface area contributed by atoms with E-state index in [4.69, 9.17) is 4.52 Å². The van der Waals surface area contributed by atoms with Crippen molar-refractivity contribution in [1.29, 1.82) is 0 Å². The Morgan fingerprint density at radius 1 is 1.16 bits per heavy atom. The van der Waals surface area contributed by atoms with Gasteiger partial charge in [0.05, 0.1) is 30.0 Å². The van der Waals surface area contributed by atoms with Crippen LogP contribution in [0.25, 0.3) is 22.5 Å². The second kappa shape index (κ2) is 8.91. The Kier molecular flexibility index (Phi) is 5.88. The van der Waals surface area contributed by atoms with Crippen molar-refractivity contribution in [2.24, 2.45) is 0 Å². The van der Waals surface area contributed by atoms with Gasteiger partial charge in [0.15, 0.2) is 0 Å². The Hall–Kier alpha value is -3.81. The summed E-state index contributed by atoms with van der Waals surface area (Å²) in [7, 11) is 0. The smallest absolute Gasteiger partial charge is 0.224 e. The van der Waals surface area contributed by atoms with Crippen molar-refractivity contribution in [2.75, 3.05) is 6.54 Å². The third-order valence-corrected chi connectivity index (χ3v) is 5.04. The van der Waals surface area contributed by atoms with E-state index in [0.29, 0.717) is 18.8 Å². The average Bonchev–Trinajstić information content (AvgIpc) is 3.34. The molecule has 4 rings (SSSR count). The van der Waals surface area contributed by atoms with Crippen molar-refractivity contribution in [3.8, 4) is 22.5 Å². The lowest BCUT2D eigenvalue weighted by Crippen LogP contribution is -2.29. The first-order chi connectivity index (χ1) is 15.0. The van der Waals surface area contributed by atoms with Crippen LogP contribution in [0.2, 0.25) is 0 Å². The van der Waals surface area contributed by atoms with E-state index >= 15 is 0 Å². The summed E-state index contributed by atoms with van der Waals surface area (Å²) in [5, 5.41) is 11.5. The fraction of sp³-hybridized carbons (Fsp3) is 0.217.